The van der Waals surface area contributed by atoms with Gasteiger partial charge in [-0.15, -0.1) is 0 Å². The van der Waals surface area contributed by atoms with E-state index in [0.29, 0.717) is 18.1 Å². The fraction of sp³-hybridized carbons (Fsp3) is 0.200. The van der Waals surface area contributed by atoms with Gasteiger partial charge in [0.05, 0.1) is 0 Å². The van der Waals surface area contributed by atoms with Crippen LogP contribution in [0.5, 0.6) is 5.75 Å². The minimum Gasteiger partial charge on any atom is -0.508 e. The lowest BCUT2D eigenvalue weighted by molar-refractivity contribution is 0.464. The van der Waals surface area contributed by atoms with Crippen molar-refractivity contribution in [1.29, 1.82) is 0 Å². The van der Waals surface area contributed by atoms with Gasteiger partial charge < -0.3 is 10.0 Å². The zero-order valence-electron chi connectivity index (χ0n) is 14.2. The summed E-state index contributed by atoms with van der Waals surface area (Å²) in [5.74, 6) is 1.52. The zero-order valence-corrected chi connectivity index (χ0v) is 15.0. The summed E-state index contributed by atoms with van der Waals surface area (Å²) in [5.41, 5.74) is 2.04. The molecule has 0 fully saturated rings. The predicted molar refractivity (Wildman–Crippen MR) is 104 cm³/mol. The minimum atomic E-state index is -0.549. The summed E-state index contributed by atoms with van der Waals surface area (Å²) in [6, 6.07) is 15.3. The van der Waals surface area contributed by atoms with Crippen molar-refractivity contribution in [1.82, 2.24) is 4.90 Å². The Bertz CT molecular complexity index is 843. The molecule has 0 spiro atoms. The van der Waals surface area contributed by atoms with Crippen LogP contribution in [0.2, 0.25) is 0 Å². The van der Waals surface area contributed by atoms with Gasteiger partial charge in [-0.25, -0.2) is 9.98 Å². The molecule has 1 heterocycles. The van der Waals surface area contributed by atoms with Crippen LogP contribution >= 0.6 is 11.6 Å². The number of hydrogen-bond acceptors (Lipinski definition) is 4. The molecule has 0 saturated carbocycles. The van der Waals surface area contributed by atoms with Crippen molar-refractivity contribution in [2.24, 2.45) is 9.98 Å². The maximum absolute atomic E-state index is 10.3. The van der Waals surface area contributed by atoms with Crippen molar-refractivity contribution in [2.45, 2.75) is 19.0 Å². The third-order valence-corrected chi connectivity index (χ3v) is 4.43. The summed E-state index contributed by atoms with van der Waals surface area (Å²) in [5, 5.41) is 10.3. The minimum absolute atomic E-state index is 0.251. The molecule has 1 unspecified atom stereocenters. The van der Waals surface area contributed by atoms with Crippen molar-refractivity contribution >= 4 is 23.3 Å². The van der Waals surface area contributed by atoms with Crippen molar-refractivity contribution in [3.8, 4) is 5.75 Å². The van der Waals surface area contributed by atoms with E-state index < -0.39 is 5.62 Å². The highest BCUT2D eigenvalue weighted by Crippen LogP contribution is 2.24. The average molecular weight is 354 g/mol. The van der Waals surface area contributed by atoms with Gasteiger partial charge in [-0.3, -0.25) is 0 Å². The largest absolute Gasteiger partial charge is 0.508 e. The monoisotopic (exact) mass is 353 g/mol. The fourth-order valence-corrected chi connectivity index (χ4v) is 2.80. The number of nitrogens with zero attached hydrogens (tertiary/aromatic N) is 3. The van der Waals surface area contributed by atoms with Crippen LogP contribution in [-0.4, -0.2) is 34.4 Å². The van der Waals surface area contributed by atoms with Crippen LogP contribution < -0.4 is 0 Å². The summed E-state index contributed by atoms with van der Waals surface area (Å²) in [6.07, 6.45) is 4.67. The normalized spacial score (nSPS) is 17.6. The van der Waals surface area contributed by atoms with Crippen molar-refractivity contribution < 1.29 is 5.11 Å². The predicted octanol–water partition coefficient (Wildman–Crippen LogP) is 4.17. The number of benzene rings is 2. The SMILES string of the molecule is C/C=C\Cc1ccc(C2=NC(c3ccccc3)=NC(Cl)N2C)cc1O. The van der Waals surface area contributed by atoms with Crippen LogP contribution in [0.1, 0.15) is 23.6 Å². The molecule has 2 aromatic carbocycles. The van der Waals surface area contributed by atoms with E-state index in [4.69, 9.17) is 11.6 Å². The molecular weight excluding hydrogens is 334 g/mol. The lowest BCUT2D eigenvalue weighted by Gasteiger charge is -2.28. The summed E-state index contributed by atoms with van der Waals surface area (Å²) in [6.45, 7) is 1.96. The molecule has 2 aromatic rings. The van der Waals surface area contributed by atoms with Crippen molar-refractivity contribution in [2.75, 3.05) is 7.05 Å². The Labute approximate surface area is 152 Å². The van der Waals surface area contributed by atoms with Gasteiger partial charge in [0.15, 0.2) is 5.84 Å². The summed E-state index contributed by atoms with van der Waals surface area (Å²) < 4.78 is 0. The smallest absolute Gasteiger partial charge is 0.201 e. The maximum atomic E-state index is 10.3. The third-order valence-electron chi connectivity index (χ3n) is 4.04. The quantitative estimate of drug-likeness (QED) is 0.509. The summed E-state index contributed by atoms with van der Waals surface area (Å²) in [7, 11) is 1.84. The van der Waals surface area contributed by atoms with Crippen LogP contribution in [0.25, 0.3) is 0 Å². The van der Waals surface area contributed by atoms with Crippen molar-refractivity contribution in [3.63, 3.8) is 0 Å². The Kier molecular flexibility index (Phi) is 5.19. The molecule has 0 aliphatic carbocycles. The topological polar surface area (TPSA) is 48.2 Å². The molecule has 0 aromatic heterocycles. The molecule has 3 rings (SSSR count). The molecule has 1 aliphatic heterocycles. The van der Waals surface area contributed by atoms with Crippen LogP contribution in [0, 0.1) is 0 Å². The van der Waals surface area contributed by atoms with Crippen LogP contribution in [0.3, 0.4) is 0 Å². The number of aromatic hydroxyl groups is 1. The first-order valence-corrected chi connectivity index (χ1v) is 8.56. The van der Waals surface area contributed by atoms with Gasteiger partial charge in [0.1, 0.15) is 11.6 Å². The highest BCUT2D eigenvalue weighted by Gasteiger charge is 2.23. The van der Waals surface area contributed by atoms with Gasteiger partial charge in [-0.2, -0.15) is 0 Å². The maximum Gasteiger partial charge on any atom is 0.201 e. The Balaban J connectivity index is 1.98. The molecule has 1 N–H and O–H groups in total. The lowest BCUT2D eigenvalue weighted by Crippen LogP contribution is -2.37. The third kappa shape index (κ3) is 3.74. The number of alkyl halides is 1. The Morgan fingerprint density at radius 1 is 1.16 bits per heavy atom. The molecule has 128 valence electrons. The van der Waals surface area contributed by atoms with E-state index in [-0.39, 0.29) is 5.75 Å². The van der Waals surface area contributed by atoms with E-state index in [1.807, 2.05) is 68.6 Å². The molecule has 0 saturated heterocycles. The first-order chi connectivity index (χ1) is 12.1. The van der Waals surface area contributed by atoms with Crippen LogP contribution in [-0.2, 0) is 6.42 Å². The second kappa shape index (κ2) is 7.53. The van der Waals surface area contributed by atoms with Gasteiger partial charge >= 0.3 is 0 Å². The van der Waals surface area contributed by atoms with Gasteiger partial charge in [-0.1, -0.05) is 66.2 Å². The molecule has 0 bridgehead atoms. The second-order valence-electron chi connectivity index (χ2n) is 5.79. The molecule has 5 heteroatoms. The number of hydrogen-bond donors (Lipinski definition) is 1. The second-order valence-corrected chi connectivity index (χ2v) is 6.18. The molecule has 0 radical (unpaired) electrons. The van der Waals surface area contributed by atoms with E-state index in [2.05, 4.69) is 9.98 Å². The van der Waals surface area contributed by atoms with E-state index in [0.717, 1.165) is 16.7 Å². The number of aliphatic imine (C=N–C) groups is 2. The number of phenolic OH excluding ortho intramolecular Hbond substituents is 1. The molecule has 25 heavy (non-hydrogen) atoms. The van der Waals surface area contributed by atoms with E-state index in [1.165, 1.54) is 0 Å². The van der Waals surface area contributed by atoms with Gasteiger partial charge in [-0.05, 0) is 25.0 Å². The van der Waals surface area contributed by atoms with E-state index >= 15 is 0 Å². The fourth-order valence-electron chi connectivity index (χ4n) is 2.61. The number of phenols is 1. The number of allylic oxidation sites excluding steroid dienone is 2. The average Bonchev–Trinajstić information content (AvgIpc) is 2.63. The molecule has 0 amide bonds. The van der Waals surface area contributed by atoms with Crippen molar-refractivity contribution in [3.05, 3.63) is 77.4 Å². The molecule has 4 nitrogen and oxygen atoms in total. The van der Waals surface area contributed by atoms with Crippen LogP contribution in [0.15, 0.2) is 70.7 Å². The summed E-state index contributed by atoms with van der Waals surface area (Å²) >= 11 is 6.38. The lowest BCUT2D eigenvalue weighted by atomic mass is 10.1. The summed E-state index contributed by atoms with van der Waals surface area (Å²) in [4.78, 5) is 10.9. The van der Waals surface area contributed by atoms with Crippen LogP contribution in [0.4, 0.5) is 0 Å². The van der Waals surface area contributed by atoms with E-state index in [1.54, 1.807) is 11.0 Å². The number of halogens is 1. The molecule has 1 atom stereocenters. The molecular formula is C20H20ClN3O. The standard InChI is InChI=1S/C20H20ClN3O/c1-3-4-8-14-11-12-16(13-17(14)25)19-22-18(23-20(21)24(19)2)15-9-6-5-7-10-15/h3-7,9-13,20,25H,8H2,1-2H3/b4-3-. The Hall–Kier alpha value is -2.59. The van der Waals surface area contributed by atoms with Gasteiger partial charge in [0.25, 0.3) is 0 Å². The Morgan fingerprint density at radius 2 is 1.92 bits per heavy atom. The zero-order chi connectivity index (χ0) is 17.8. The number of rotatable bonds is 4. The first kappa shape index (κ1) is 17.2. The van der Waals surface area contributed by atoms with Gasteiger partial charge in [0.2, 0.25) is 5.62 Å². The number of amidine groups is 2. The highest BCUT2D eigenvalue weighted by molar-refractivity contribution is 6.25. The molecule has 1 aliphatic rings. The van der Waals surface area contributed by atoms with E-state index in [9.17, 15) is 5.11 Å². The van der Waals surface area contributed by atoms with Gasteiger partial charge in [0, 0.05) is 18.2 Å². The first-order valence-electron chi connectivity index (χ1n) is 8.12. The Morgan fingerprint density at radius 3 is 2.60 bits per heavy atom. The highest BCUT2D eigenvalue weighted by atomic mass is 35.5.